The molecule has 182 valence electrons. The number of pyridine rings is 1. The van der Waals surface area contributed by atoms with E-state index >= 15 is 0 Å². The minimum Gasteiger partial charge on any atom is -0.503 e. The van der Waals surface area contributed by atoms with Gasteiger partial charge in [-0.25, -0.2) is 13.8 Å². The Morgan fingerprint density at radius 3 is 2.60 bits per heavy atom. The highest BCUT2D eigenvalue weighted by atomic mass is 19.2. The van der Waals surface area contributed by atoms with E-state index in [-0.39, 0.29) is 12.5 Å². The van der Waals surface area contributed by atoms with Crippen LogP contribution in [0.5, 0.6) is 5.75 Å². The lowest BCUT2D eigenvalue weighted by Gasteiger charge is -2.27. The van der Waals surface area contributed by atoms with Crippen LogP contribution in [0.2, 0.25) is 0 Å². The van der Waals surface area contributed by atoms with Crippen molar-refractivity contribution in [1.29, 1.82) is 0 Å². The minimum absolute atomic E-state index is 0.166. The maximum Gasteiger partial charge on any atom is 0.254 e. The zero-order chi connectivity index (χ0) is 24.7. The van der Waals surface area contributed by atoms with Crippen molar-refractivity contribution < 1.29 is 23.1 Å². The average Bonchev–Trinajstić information content (AvgIpc) is 3.49. The molecule has 0 radical (unpaired) electrons. The summed E-state index contributed by atoms with van der Waals surface area (Å²) < 4.78 is 44.8. The molecule has 1 aliphatic carbocycles. The van der Waals surface area contributed by atoms with E-state index in [1.165, 1.54) is 0 Å². The zero-order valence-corrected chi connectivity index (χ0v) is 19.0. The van der Waals surface area contributed by atoms with E-state index in [1.54, 1.807) is 4.68 Å². The third kappa shape index (κ3) is 4.48. The largest absolute Gasteiger partial charge is 0.503 e. The van der Waals surface area contributed by atoms with Crippen molar-refractivity contribution in [2.75, 3.05) is 6.54 Å². The number of halogens is 3. The first-order valence-corrected chi connectivity index (χ1v) is 11.4. The molecule has 1 amide bonds. The summed E-state index contributed by atoms with van der Waals surface area (Å²) in [6.07, 6.45) is 11.3. The number of aromatic hydroxyl groups is 1. The standard InChI is InChI=1S/C25H24F3N5O2/c1-32-12-17(11-30-32)16-6-7-33-13-20(31-21(33)8-16)15-4-2-14(3-5-15)10-29-25(35)18-9-19(26)24(34)23(28)22(18)27/h6-9,11-15,34H,2-5,10H2,1H3,(H,29,35)/t14-,15-. The average molecular weight is 483 g/mol. The summed E-state index contributed by atoms with van der Waals surface area (Å²) in [5.41, 5.74) is 3.20. The molecule has 7 nitrogen and oxygen atoms in total. The van der Waals surface area contributed by atoms with Crippen LogP contribution in [-0.2, 0) is 7.05 Å². The molecule has 0 spiro atoms. The maximum atomic E-state index is 13.9. The summed E-state index contributed by atoms with van der Waals surface area (Å²) in [5.74, 6) is -6.60. The smallest absolute Gasteiger partial charge is 0.254 e. The molecule has 35 heavy (non-hydrogen) atoms. The quantitative estimate of drug-likeness (QED) is 0.408. The van der Waals surface area contributed by atoms with Crippen molar-refractivity contribution in [3.63, 3.8) is 0 Å². The van der Waals surface area contributed by atoms with Crippen molar-refractivity contribution in [3.8, 4) is 16.9 Å². The predicted octanol–water partition coefficient (Wildman–Crippen LogP) is 4.56. The lowest BCUT2D eigenvalue weighted by Crippen LogP contribution is -2.32. The number of amides is 1. The van der Waals surface area contributed by atoms with Gasteiger partial charge in [-0.1, -0.05) is 0 Å². The van der Waals surface area contributed by atoms with Crippen LogP contribution in [0.1, 0.15) is 47.7 Å². The van der Waals surface area contributed by atoms with E-state index in [4.69, 9.17) is 10.1 Å². The van der Waals surface area contributed by atoms with Crippen LogP contribution in [0.25, 0.3) is 16.8 Å². The highest BCUT2D eigenvalue weighted by Crippen LogP contribution is 2.35. The highest BCUT2D eigenvalue weighted by Gasteiger charge is 2.26. The van der Waals surface area contributed by atoms with Crippen molar-refractivity contribution in [2.24, 2.45) is 13.0 Å². The van der Waals surface area contributed by atoms with E-state index in [2.05, 4.69) is 10.4 Å². The molecule has 0 aliphatic heterocycles. The molecule has 0 atom stereocenters. The Morgan fingerprint density at radius 1 is 1.11 bits per heavy atom. The maximum absolute atomic E-state index is 13.9. The number of hydrogen-bond donors (Lipinski definition) is 2. The first-order valence-electron chi connectivity index (χ1n) is 11.4. The molecule has 1 saturated carbocycles. The Bertz CT molecular complexity index is 1410. The van der Waals surface area contributed by atoms with Crippen molar-refractivity contribution in [1.82, 2.24) is 24.5 Å². The first-order chi connectivity index (χ1) is 16.8. The van der Waals surface area contributed by atoms with Gasteiger partial charge in [0.2, 0.25) is 5.82 Å². The zero-order valence-electron chi connectivity index (χ0n) is 19.0. The molecule has 1 aromatic carbocycles. The van der Waals surface area contributed by atoms with Crippen LogP contribution in [-0.4, -0.2) is 36.7 Å². The second kappa shape index (κ2) is 9.09. The molecule has 1 fully saturated rings. The van der Waals surface area contributed by atoms with Gasteiger partial charge in [0.15, 0.2) is 17.4 Å². The van der Waals surface area contributed by atoms with Gasteiger partial charge in [-0.3, -0.25) is 9.48 Å². The van der Waals surface area contributed by atoms with Gasteiger partial charge in [0.25, 0.3) is 5.91 Å². The van der Waals surface area contributed by atoms with Gasteiger partial charge < -0.3 is 14.8 Å². The number of carbonyl (C=O) groups is 1. The number of imidazole rings is 1. The first kappa shape index (κ1) is 22.9. The predicted molar refractivity (Wildman–Crippen MR) is 122 cm³/mol. The summed E-state index contributed by atoms with van der Waals surface area (Å²) in [7, 11) is 1.88. The Hall–Kier alpha value is -3.82. The molecule has 3 aromatic heterocycles. The molecule has 0 saturated heterocycles. The molecule has 3 heterocycles. The van der Waals surface area contributed by atoms with Crippen molar-refractivity contribution in [2.45, 2.75) is 31.6 Å². The van der Waals surface area contributed by atoms with Gasteiger partial charge >= 0.3 is 0 Å². The van der Waals surface area contributed by atoms with Crippen LogP contribution in [0.4, 0.5) is 13.2 Å². The van der Waals surface area contributed by atoms with Crippen molar-refractivity contribution >= 4 is 11.6 Å². The summed E-state index contributed by atoms with van der Waals surface area (Å²) in [4.78, 5) is 17.1. The molecule has 10 heteroatoms. The van der Waals surface area contributed by atoms with Gasteiger partial charge in [0.05, 0.1) is 17.5 Å². The Labute approximate surface area is 199 Å². The number of hydrogen-bond acceptors (Lipinski definition) is 4. The van der Waals surface area contributed by atoms with Gasteiger partial charge in [-0.05, 0) is 55.4 Å². The molecular weight excluding hydrogens is 459 g/mol. The number of nitrogens with zero attached hydrogens (tertiary/aromatic N) is 4. The molecule has 2 N–H and O–H groups in total. The summed E-state index contributed by atoms with van der Waals surface area (Å²) >= 11 is 0. The number of aromatic nitrogens is 4. The van der Waals surface area contributed by atoms with Crippen LogP contribution >= 0.6 is 0 Å². The van der Waals surface area contributed by atoms with Gasteiger partial charge in [0, 0.05) is 43.7 Å². The summed E-state index contributed by atoms with van der Waals surface area (Å²) in [6, 6.07) is 4.57. The van der Waals surface area contributed by atoms with E-state index in [1.807, 2.05) is 48.4 Å². The number of benzene rings is 1. The van der Waals surface area contributed by atoms with Crippen LogP contribution in [0.3, 0.4) is 0 Å². The number of carbonyl (C=O) groups excluding carboxylic acids is 1. The van der Waals surface area contributed by atoms with Crippen molar-refractivity contribution in [3.05, 3.63) is 71.7 Å². The third-order valence-electron chi connectivity index (χ3n) is 6.71. The number of fused-ring (bicyclic) bond motifs is 1. The fourth-order valence-corrected chi connectivity index (χ4v) is 4.69. The number of phenols is 1. The van der Waals surface area contributed by atoms with Crippen LogP contribution in [0.15, 0.2) is 43.0 Å². The lowest BCUT2D eigenvalue weighted by atomic mass is 9.80. The van der Waals surface area contributed by atoms with E-state index in [0.717, 1.165) is 48.2 Å². The molecule has 5 rings (SSSR count). The Balaban J connectivity index is 1.19. The number of aryl methyl sites for hydroxylation is 1. The second-order valence-corrected chi connectivity index (χ2v) is 9.06. The SMILES string of the molecule is Cn1cc(-c2ccn3cc([C@H]4CC[C@H](CNC(=O)c5cc(F)c(O)c(F)c5F)CC4)nc3c2)cn1. The van der Waals surface area contributed by atoms with E-state index in [0.29, 0.717) is 12.0 Å². The summed E-state index contributed by atoms with van der Waals surface area (Å²) in [6.45, 7) is 0.273. The minimum atomic E-state index is -1.77. The van der Waals surface area contributed by atoms with E-state index in [9.17, 15) is 18.0 Å². The molecule has 1 aliphatic rings. The molecule has 0 unspecified atom stereocenters. The van der Waals surface area contributed by atoms with Crippen LogP contribution < -0.4 is 5.32 Å². The highest BCUT2D eigenvalue weighted by molar-refractivity contribution is 5.94. The normalized spacial score (nSPS) is 18.2. The fraction of sp³-hybridized carbons (Fsp3) is 0.320. The molecule has 4 aromatic rings. The van der Waals surface area contributed by atoms with Gasteiger partial charge in [0.1, 0.15) is 5.65 Å². The molecule has 0 bridgehead atoms. The lowest BCUT2D eigenvalue weighted by molar-refractivity contribution is 0.0937. The van der Waals surface area contributed by atoms with E-state index < -0.39 is 34.7 Å². The number of nitrogens with one attached hydrogen (secondary N) is 1. The second-order valence-electron chi connectivity index (χ2n) is 9.06. The van der Waals surface area contributed by atoms with Gasteiger partial charge in [-0.2, -0.15) is 9.49 Å². The Kier molecular flexibility index (Phi) is 5.96. The van der Waals surface area contributed by atoms with Crippen LogP contribution in [0, 0.1) is 23.4 Å². The topological polar surface area (TPSA) is 84.5 Å². The third-order valence-corrected chi connectivity index (χ3v) is 6.71. The van der Waals surface area contributed by atoms with Gasteiger partial charge in [-0.15, -0.1) is 0 Å². The molecular formula is C25H24F3N5O2. The Morgan fingerprint density at radius 2 is 1.89 bits per heavy atom. The number of phenolic OH excluding ortho intramolecular Hbond substituents is 1. The fourth-order valence-electron chi connectivity index (χ4n) is 4.69. The monoisotopic (exact) mass is 483 g/mol. The number of rotatable bonds is 5. The summed E-state index contributed by atoms with van der Waals surface area (Å²) in [5, 5.41) is 15.9.